The van der Waals surface area contributed by atoms with E-state index in [1.807, 2.05) is 0 Å². The molecule has 3 rings (SSSR count). The topological polar surface area (TPSA) is 80.3 Å². The van der Waals surface area contributed by atoms with Crippen LogP contribution in [0.3, 0.4) is 0 Å². The number of anilines is 2. The van der Waals surface area contributed by atoms with Gasteiger partial charge in [-0.1, -0.05) is 11.6 Å². The van der Waals surface area contributed by atoms with E-state index in [2.05, 4.69) is 5.32 Å². The quantitative estimate of drug-likeness (QED) is 0.745. The number of urea groups is 1. The Hall–Kier alpha value is -3.13. The first kappa shape index (κ1) is 20.6. The fourth-order valence-electron chi connectivity index (χ4n) is 3.12. The second-order valence-corrected chi connectivity index (χ2v) is 6.73. The molecule has 1 aliphatic heterocycles. The van der Waals surface area contributed by atoms with Crippen LogP contribution < -0.4 is 24.4 Å². The molecule has 1 N–H and O–H groups in total. The number of nitrogens with one attached hydrogen (secondary N) is 1. The molecule has 0 bridgehead atoms. The van der Waals surface area contributed by atoms with Crippen LogP contribution in [0.4, 0.5) is 16.2 Å². The maximum Gasteiger partial charge on any atom is 0.325 e. The fourth-order valence-corrected chi connectivity index (χ4v) is 3.24. The van der Waals surface area contributed by atoms with Crippen molar-refractivity contribution in [1.82, 2.24) is 4.90 Å². The summed E-state index contributed by atoms with van der Waals surface area (Å²) >= 11 is 5.90. The first-order valence-corrected chi connectivity index (χ1v) is 9.26. The minimum absolute atomic E-state index is 0.0699. The number of methoxy groups -OCH3 is 3. The van der Waals surface area contributed by atoms with Gasteiger partial charge in [0.05, 0.1) is 21.3 Å². The Bertz CT molecular complexity index is 878. The number of hydrogen-bond acceptors (Lipinski definition) is 5. The molecule has 0 aliphatic carbocycles. The van der Waals surface area contributed by atoms with E-state index in [4.69, 9.17) is 25.8 Å². The van der Waals surface area contributed by atoms with Crippen LogP contribution in [-0.2, 0) is 4.79 Å². The van der Waals surface area contributed by atoms with E-state index < -0.39 is 0 Å². The SMILES string of the molecule is COc1cc(NC(=O)CN2CCN(c3ccc(Cl)cc3)C2=O)cc(OC)c1OC. The number of nitrogens with zero attached hydrogens (tertiary/aromatic N) is 2. The summed E-state index contributed by atoms with van der Waals surface area (Å²) in [7, 11) is 4.50. The molecule has 8 nitrogen and oxygen atoms in total. The highest BCUT2D eigenvalue weighted by molar-refractivity contribution is 6.30. The summed E-state index contributed by atoms with van der Waals surface area (Å²) in [5.41, 5.74) is 1.22. The first-order chi connectivity index (χ1) is 14.0. The summed E-state index contributed by atoms with van der Waals surface area (Å²) < 4.78 is 15.8. The highest BCUT2D eigenvalue weighted by Gasteiger charge is 2.31. The van der Waals surface area contributed by atoms with Gasteiger partial charge in [-0.3, -0.25) is 9.69 Å². The monoisotopic (exact) mass is 419 g/mol. The lowest BCUT2D eigenvalue weighted by atomic mass is 10.2. The molecule has 29 heavy (non-hydrogen) atoms. The lowest BCUT2D eigenvalue weighted by Crippen LogP contribution is -2.37. The normalized spacial score (nSPS) is 13.4. The maximum atomic E-state index is 12.6. The minimum atomic E-state index is -0.328. The Morgan fingerprint density at radius 1 is 1.03 bits per heavy atom. The summed E-state index contributed by atoms with van der Waals surface area (Å²) in [6.07, 6.45) is 0. The van der Waals surface area contributed by atoms with Gasteiger partial charge in [0, 0.05) is 41.6 Å². The van der Waals surface area contributed by atoms with E-state index in [-0.39, 0.29) is 18.5 Å². The van der Waals surface area contributed by atoms with E-state index in [0.717, 1.165) is 5.69 Å². The predicted octanol–water partition coefficient (Wildman–Crippen LogP) is 3.25. The molecule has 0 saturated carbocycles. The molecule has 1 fully saturated rings. The van der Waals surface area contributed by atoms with Crippen LogP contribution in [-0.4, -0.2) is 57.8 Å². The highest BCUT2D eigenvalue weighted by atomic mass is 35.5. The lowest BCUT2D eigenvalue weighted by molar-refractivity contribution is -0.116. The molecule has 9 heteroatoms. The molecular formula is C20H22ClN3O5. The van der Waals surface area contributed by atoms with Crippen LogP contribution in [0, 0.1) is 0 Å². The van der Waals surface area contributed by atoms with Crippen molar-refractivity contribution in [3.63, 3.8) is 0 Å². The van der Waals surface area contributed by atoms with Gasteiger partial charge in [-0.15, -0.1) is 0 Å². The molecule has 1 aliphatic rings. The van der Waals surface area contributed by atoms with Crippen molar-refractivity contribution in [2.45, 2.75) is 0 Å². The second-order valence-electron chi connectivity index (χ2n) is 6.29. The number of halogens is 1. The van der Waals surface area contributed by atoms with Crippen LogP contribution in [0.2, 0.25) is 5.02 Å². The van der Waals surface area contributed by atoms with Crippen molar-refractivity contribution < 1.29 is 23.8 Å². The summed E-state index contributed by atoms with van der Waals surface area (Å²) in [6, 6.07) is 10.0. The number of rotatable bonds is 7. The van der Waals surface area contributed by atoms with E-state index in [1.54, 1.807) is 41.3 Å². The van der Waals surface area contributed by atoms with Gasteiger partial charge in [-0.05, 0) is 24.3 Å². The number of ether oxygens (including phenoxy) is 3. The van der Waals surface area contributed by atoms with Crippen LogP contribution in [0.1, 0.15) is 0 Å². The van der Waals surface area contributed by atoms with E-state index in [0.29, 0.717) is 41.0 Å². The van der Waals surface area contributed by atoms with Gasteiger partial charge in [-0.25, -0.2) is 4.79 Å². The van der Waals surface area contributed by atoms with Gasteiger partial charge in [0.15, 0.2) is 11.5 Å². The summed E-state index contributed by atoms with van der Waals surface area (Å²) in [5.74, 6) is 0.952. The van der Waals surface area contributed by atoms with E-state index in [9.17, 15) is 9.59 Å². The molecular weight excluding hydrogens is 398 g/mol. The second kappa shape index (κ2) is 8.91. The van der Waals surface area contributed by atoms with E-state index in [1.165, 1.54) is 26.2 Å². The summed E-state index contributed by atoms with van der Waals surface area (Å²) in [5, 5.41) is 3.37. The van der Waals surface area contributed by atoms with Gasteiger partial charge in [0.2, 0.25) is 11.7 Å². The Morgan fingerprint density at radius 2 is 1.66 bits per heavy atom. The average molecular weight is 420 g/mol. The molecule has 3 amide bonds. The highest BCUT2D eigenvalue weighted by Crippen LogP contribution is 2.39. The molecule has 0 atom stereocenters. The zero-order chi connectivity index (χ0) is 21.0. The van der Waals surface area contributed by atoms with Crippen LogP contribution in [0.25, 0.3) is 0 Å². The summed E-state index contributed by atoms with van der Waals surface area (Å²) in [6.45, 7) is 0.877. The van der Waals surface area contributed by atoms with Crippen molar-refractivity contribution in [2.75, 3.05) is 51.2 Å². The molecule has 154 valence electrons. The molecule has 0 spiro atoms. The van der Waals surface area contributed by atoms with Crippen LogP contribution >= 0.6 is 11.6 Å². The minimum Gasteiger partial charge on any atom is -0.493 e. The fraction of sp³-hybridized carbons (Fsp3) is 0.300. The number of hydrogen-bond donors (Lipinski definition) is 1. The van der Waals surface area contributed by atoms with Gasteiger partial charge in [-0.2, -0.15) is 0 Å². The molecule has 0 aromatic heterocycles. The molecule has 2 aromatic carbocycles. The molecule has 2 aromatic rings. The Morgan fingerprint density at radius 3 is 2.21 bits per heavy atom. The molecule has 1 saturated heterocycles. The van der Waals surface area contributed by atoms with Crippen molar-refractivity contribution in [1.29, 1.82) is 0 Å². The van der Waals surface area contributed by atoms with Crippen molar-refractivity contribution in [3.8, 4) is 17.2 Å². The number of carbonyl (C=O) groups is 2. The van der Waals surface area contributed by atoms with E-state index >= 15 is 0 Å². The Balaban J connectivity index is 1.67. The number of carbonyl (C=O) groups excluding carboxylic acids is 2. The van der Waals surface area contributed by atoms with Crippen molar-refractivity contribution in [2.24, 2.45) is 0 Å². The predicted molar refractivity (Wildman–Crippen MR) is 110 cm³/mol. The lowest BCUT2D eigenvalue weighted by Gasteiger charge is -2.19. The van der Waals surface area contributed by atoms with Gasteiger partial charge >= 0.3 is 6.03 Å². The number of benzene rings is 2. The molecule has 1 heterocycles. The standard InChI is InChI=1S/C20H22ClN3O5/c1-27-16-10-14(11-17(28-2)19(16)29-3)22-18(25)12-23-8-9-24(20(23)26)15-6-4-13(21)5-7-15/h4-7,10-11H,8-9,12H2,1-3H3,(H,22,25). The van der Waals surface area contributed by atoms with Crippen LogP contribution in [0.5, 0.6) is 17.2 Å². The van der Waals surface area contributed by atoms with Crippen LogP contribution in [0.15, 0.2) is 36.4 Å². The summed E-state index contributed by atoms with van der Waals surface area (Å²) in [4.78, 5) is 28.2. The smallest absolute Gasteiger partial charge is 0.325 e. The maximum absolute atomic E-state index is 12.6. The zero-order valence-electron chi connectivity index (χ0n) is 16.4. The third-order valence-electron chi connectivity index (χ3n) is 4.52. The third-order valence-corrected chi connectivity index (χ3v) is 4.77. The van der Waals surface area contributed by atoms with Crippen molar-refractivity contribution in [3.05, 3.63) is 41.4 Å². The molecule has 0 unspecified atom stereocenters. The largest absolute Gasteiger partial charge is 0.493 e. The van der Waals surface area contributed by atoms with Crippen molar-refractivity contribution >= 4 is 34.9 Å². The van der Waals surface area contributed by atoms with Gasteiger partial charge in [0.1, 0.15) is 6.54 Å². The molecule has 0 radical (unpaired) electrons. The first-order valence-electron chi connectivity index (χ1n) is 8.88. The average Bonchev–Trinajstić information content (AvgIpc) is 3.07. The Kier molecular flexibility index (Phi) is 6.33. The Labute approximate surface area is 173 Å². The van der Waals surface area contributed by atoms with Gasteiger partial charge in [0.25, 0.3) is 0 Å². The zero-order valence-corrected chi connectivity index (χ0v) is 17.2. The number of amides is 3. The third kappa shape index (κ3) is 4.48. The van der Waals surface area contributed by atoms with Gasteiger partial charge < -0.3 is 24.4 Å².